The van der Waals surface area contributed by atoms with Gasteiger partial charge in [0, 0.05) is 13.0 Å². The molecular weight excluding hydrogens is 885 g/mol. The van der Waals surface area contributed by atoms with E-state index in [9.17, 15) is 33.1 Å². The van der Waals surface area contributed by atoms with Crippen LogP contribution in [-0.2, 0) is 38.3 Å². The molecule has 1 saturated heterocycles. The summed E-state index contributed by atoms with van der Waals surface area (Å²) < 4.78 is 59.3. The number of unbranched alkanes of at least 4 members (excludes halogenated alkanes) is 21. The van der Waals surface area contributed by atoms with Crippen molar-refractivity contribution in [3.05, 3.63) is 72.9 Å². The maximum Gasteiger partial charge on any atom is 0.397 e. The summed E-state index contributed by atoms with van der Waals surface area (Å²) in [4.78, 5) is 12.9. The van der Waals surface area contributed by atoms with Crippen molar-refractivity contribution in [1.29, 1.82) is 0 Å². The highest BCUT2D eigenvalue weighted by atomic mass is 32.3. The maximum absolute atomic E-state index is 12.9. The third-order valence-electron chi connectivity index (χ3n) is 11.8. The molecule has 0 aliphatic carbocycles. The van der Waals surface area contributed by atoms with Gasteiger partial charge in [0.25, 0.3) is 0 Å². The second-order valence-electron chi connectivity index (χ2n) is 18.1. The number of carbonyl (C=O) groups is 1. The van der Waals surface area contributed by atoms with Crippen molar-refractivity contribution in [1.82, 2.24) is 0 Å². The number of ether oxygens (including phenoxy) is 4. The van der Waals surface area contributed by atoms with Crippen molar-refractivity contribution in [2.45, 2.75) is 243 Å². The van der Waals surface area contributed by atoms with Crippen LogP contribution in [0.15, 0.2) is 72.9 Å². The van der Waals surface area contributed by atoms with Gasteiger partial charge in [-0.15, -0.1) is 0 Å². The van der Waals surface area contributed by atoms with Crippen molar-refractivity contribution in [2.24, 2.45) is 0 Å². The Balaban J connectivity index is 2.31. The SMILES string of the molecule is CC/C=C\C/C=C\C/C=C\C/C=C\CCCCCCCCCCCCCCCOCC(COC1OC(CO)C(O)C(OS(=O)(=O)O)C1O)OC(=O)CCCCCCC/C=C\C/C=C\CCCCC. The summed E-state index contributed by atoms with van der Waals surface area (Å²) in [5, 5.41) is 30.8. The normalized spacial score (nSPS) is 19.9. The minimum Gasteiger partial charge on any atom is -0.457 e. The summed E-state index contributed by atoms with van der Waals surface area (Å²) in [7, 11) is -5.07. The highest BCUT2D eigenvalue weighted by molar-refractivity contribution is 7.80. The number of carbonyl (C=O) groups excluding carboxylic acids is 1. The minimum atomic E-state index is -5.07. The highest BCUT2D eigenvalue weighted by Crippen LogP contribution is 2.26. The second kappa shape index (κ2) is 45.7. The molecule has 0 radical (unpaired) electrons. The lowest BCUT2D eigenvalue weighted by Gasteiger charge is -2.41. The lowest BCUT2D eigenvalue weighted by Crippen LogP contribution is -2.60. The zero-order chi connectivity index (χ0) is 49.6. The molecule has 13 heteroatoms. The smallest absolute Gasteiger partial charge is 0.397 e. The van der Waals surface area contributed by atoms with E-state index in [0.717, 1.165) is 89.9 Å². The first-order valence-electron chi connectivity index (χ1n) is 26.7. The van der Waals surface area contributed by atoms with Crippen LogP contribution < -0.4 is 0 Å². The van der Waals surface area contributed by atoms with Gasteiger partial charge in [-0.3, -0.25) is 9.35 Å². The Labute approximate surface area is 413 Å². The van der Waals surface area contributed by atoms with Gasteiger partial charge in [-0.05, 0) is 83.5 Å². The maximum atomic E-state index is 12.9. The first-order chi connectivity index (χ1) is 33.1. The Morgan fingerprint density at radius 1 is 0.574 bits per heavy atom. The van der Waals surface area contributed by atoms with Gasteiger partial charge in [0.2, 0.25) is 0 Å². The average molecular weight is 981 g/mol. The minimum absolute atomic E-state index is 0.0268. The quantitative estimate of drug-likeness (QED) is 0.0197. The van der Waals surface area contributed by atoms with Crippen molar-refractivity contribution in [2.75, 3.05) is 26.4 Å². The molecule has 0 aromatic heterocycles. The van der Waals surface area contributed by atoms with Crippen LogP contribution in [0.3, 0.4) is 0 Å². The molecule has 0 saturated carbocycles. The summed E-state index contributed by atoms with van der Waals surface area (Å²) in [6.07, 6.45) is 50.8. The van der Waals surface area contributed by atoms with E-state index in [2.05, 4.69) is 90.9 Å². The first kappa shape index (κ1) is 63.6. The average Bonchev–Trinajstić information content (AvgIpc) is 3.31. The number of esters is 1. The number of rotatable bonds is 46. The van der Waals surface area contributed by atoms with E-state index in [1.54, 1.807) is 0 Å². The van der Waals surface area contributed by atoms with Gasteiger partial charge < -0.3 is 34.3 Å². The van der Waals surface area contributed by atoms with Gasteiger partial charge >= 0.3 is 16.4 Å². The zero-order valence-electron chi connectivity index (χ0n) is 42.4. The van der Waals surface area contributed by atoms with Gasteiger partial charge in [-0.2, -0.15) is 8.42 Å². The molecule has 6 unspecified atom stereocenters. The van der Waals surface area contributed by atoms with E-state index in [0.29, 0.717) is 13.0 Å². The molecular formula is C55H96O12S. The molecule has 394 valence electrons. The topological polar surface area (TPSA) is 178 Å². The fourth-order valence-electron chi connectivity index (χ4n) is 7.81. The van der Waals surface area contributed by atoms with Gasteiger partial charge in [-0.25, -0.2) is 4.18 Å². The number of hydrogen-bond acceptors (Lipinski definition) is 11. The third kappa shape index (κ3) is 38.3. The van der Waals surface area contributed by atoms with Crippen LogP contribution in [0.5, 0.6) is 0 Å². The van der Waals surface area contributed by atoms with Crippen LogP contribution in [0, 0.1) is 0 Å². The lowest BCUT2D eigenvalue weighted by atomic mass is 9.99. The van der Waals surface area contributed by atoms with Crippen LogP contribution in [-0.4, -0.2) is 97.5 Å². The Morgan fingerprint density at radius 3 is 1.49 bits per heavy atom. The van der Waals surface area contributed by atoms with E-state index >= 15 is 0 Å². The number of aliphatic hydroxyl groups excluding tert-OH is 3. The molecule has 6 atom stereocenters. The van der Waals surface area contributed by atoms with Crippen molar-refractivity contribution in [3.63, 3.8) is 0 Å². The van der Waals surface area contributed by atoms with Gasteiger partial charge in [0.15, 0.2) is 6.29 Å². The molecule has 1 heterocycles. The van der Waals surface area contributed by atoms with Gasteiger partial charge in [-0.1, -0.05) is 189 Å². The standard InChI is InChI=1S/C55H96O12S/c1-3-5-7-9-11-13-15-17-19-20-21-22-23-24-25-26-27-28-29-31-33-35-37-39-41-43-45-63-47-49(48-64-55-53(59)54(67-68(60,61)62)52(58)50(46-56)66-55)65-51(57)44-42-40-38-36-34-32-30-18-16-14-12-10-8-6-4-2/h5,7,11-14,17-19,21-22,30,49-50,52-56,58-59H,3-4,6,8-10,15-16,20,23-29,31-48H2,1-2H3,(H,60,61,62)/b7-5-,13-11-,14-12-,19-17-,22-21-,30-18-. The van der Waals surface area contributed by atoms with Gasteiger partial charge in [0.1, 0.15) is 30.5 Å². The molecule has 0 aromatic rings. The van der Waals surface area contributed by atoms with E-state index in [1.807, 2.05) is 0 Å². The molecule has 1 aliphatic heterocycles. The predicted octanol–water partition coefficient (Wildman–Crippen LogP) is 12.6. The largest absolute Gasteiger partial charge is 0.457 e. The van der Waals surface area contributed by atoms with E-state index in [4.69, 9.17) is 18.9 Å². The van der Waals surface area contributed by atoms with Crippen LogP contribution in [0.25, 0.3) is 0 Å². The molecule has 1 fully saturated rings. The monoisotopic (exact) mass is 981 g/mol. The molecule has 0 aromatic carbocycles. The Bertz CT molecular complexity index is 1460. The van der Waals surface area contributed by atoms with Crippen molar-refractivity contribution in [3.8, 4) is 0 Å². The zero-order valence-corrected chi connectivity index (χ0v) is 43.2. The predicted molar refractivity (Wildman–Crippen MR) is 276 cm³/mol. The molecule has 4 N–H and O–H groups in total. The lowest BCUT2D eigenvalue weighted by molar-refractivity contribution is -0.301. The Hall–Kier alpha value is -2.46. The Morgan fingerprint density at radius 2 is 1.01 bits per heavy atom. The van der Waals surface area contributed by atoms with Crippen LogP contribution in [0.1, 0.15) is 206 Å². The molecule has 1 aliphatic rings. The molecule has 0 spiro atoms. The third-order valence-corrected chi connectivity index (χ3v) is 12.3. The number of aliphatic hydroxyl groups is 3. The van der Waals surface area contributed by atoms with Crippen LogP contribution >= 0.6 is 0 Å². The summed E-state index contributed by atoms with van der Waals surface area (Å²) in [6.45, 7) is 3.84. The molecule has 68 heavy (non-hydrogen) atoms. The summed E-state index contributed by atoms with van der Waals surface area (Å²) in [6, 6.07) is 0. The summed E-state index contributed by atoms with van der Waals surface area (Å²) >= 11 is 0. The first-order valence-corrected chi connectivity index (χ1v) is 28.1. The van der Waals surface area contributed by atoms with Crippen LogP contribution in [0.4, 0.5) is 0 Å². The van der Waals surface area contributed by atoms with E-state index in [-0.39, 0.29) is 19.6 Å². The molecule has 1 rings (SSSR count). The number of hydrogen-bond donors (Lipinski definition) is 4. The van der Waals surface area contributed by atoms with E-state index < -0.39 is 59.8 Å². The summed E-state index contributed by atoms with van der Waals surface area (Å²) in [5.41, 5.74) is 0. The highest BCUT2D eigenvalue weighted by Gasteiger charge is 2.48. The molecule has 0 amide bonds. The Kier molecular flexibility index (Phi) is 42.7. The fraction of sp³-hybridized carbons (Fsp3) is 0.764. The molecule has 12 nitrogen and oxygen atoms in total. The summed E-state index contributed by atoms with van der Waals surface area (Å²) in [5.74, 6) is -0.414. The van der Waals surface area contributed by atoms with Crippen LogP contribution in [0.2, 0.25) is 0 Å². The van der Waals surface area contributed by atoms with Crippen molar-refractivity contribution < 1.29 is 56.2 Å². The van der Waals surface area contributed by atoms with Crippen molar-refractivity contribution >= 4 is 16.4 Å². The number of allylic oxidation sites excluding steroid dienone is 12. The van der Waals surface area contributed by atoms with Gasteiger partial charge in [0.05, 0.1) is 19.8 Å². The fourth-order valence-corrected chi connectivity index (χ4v) is 8.32. The molecule has 0 bridgehead atoms. The second-order valence-corrected chi connectivity index (χ2v) is 19.1. The van der Waals surface area contributed by atoms with E-state index in [1.165, 1.54) is 89.9 Å².